The summed E-state index contributed by atoms with van der Waals surface area (Å²) in [4.78, 5) is 25.0. The van der Waals surface area contributed by atoms with Crippen molar-refractivity contribution in [3.05, 3.63) is 35.9 Å². The molecule has 1 amide bonds. The summed E-state index contributed by atoms with van der Waals surface area (Å²) in [6, 6.07) is 9.86. The monoisotopic (exact) mass is 319 g/mol. The summed E-state index contributed by atoms with van der Waals surface area (Å²) in [7, 11) is 0. The van der Waals surface area contributed by atoms with E-state index in [2.05, 4.69) is 0 Å². The standard InChI is InChI=1S/C18H25NO4/c1-18(2,3)23-17(21)19-10-15(12-20)9-16(11-19)22-13-14-7-5-4-6-8-14/h4-8,12,15-16H,9-11,13H2,1-3H3. The van der Waals surface area contributed by atoms with Gasteiger partial charge in [0.1, 0.15) is 11.9 Å². The number of ether oxygens (including phenoxy) is 2. The van der Waals surface area contributed by atoms with Gasteiger partial charge in [0.15, 0.2) is 0 Å². The molecule has 126 valence electrons. The number of aldehydes is 1. The lowest BCUT2D eigenvalue weighted by Gasteiger charge is -2.36. The summed E-state index contributed by atoms with van der Waals surface area (Å²) in [6.45, 7) is 6.80. The second kappa shape index (κ2) is 7.59. The summed E-state index contributed by atoms with van der Waals surface area (Å²) >= 11 is 0. The van der Waals surface area contributed by atoms with Gasteiger partial charge in [0.25, 0.3) is 0 Å². The number of carbonyl (C=O) groups excluding carboxylic acids is 2. The van der Waals surface area contributed by atoms with Crippen molar-refractivity contribution in [2.45, 2.75) is 45.5 Å². The molecule has 2 unspecified atom stereocenters. The summed E-state index contributed by atoms with van der Waals surface area (Å²) in [6.07, 6.45) is 0.981. The van der Waals surface area contributed by atoms with E-state index in [1.54, 1.807) is 4.90 Å². The molecular formula is C18H25NO4. The van der Waals surface area contributed by atoms with E-state index < -0.39 is 11.7 Å². The molecule has 1 fully saturated rings. The third-order valence-corrected chi connectivity index (χ3v) is 3.62. The zero-order valence-electron chi connectivity index (χ0n) is 14.0. The fourth-order valence-electron chi connectivity index (χ4n) is 2.57. The van der Waals surface area contributed by atoms with E-state index in [1.165, 1.54) is 0 Å². The van der Waals surface area contributed by atoms with E-state index in [9.17, 15) is 9.59 Å². The third kappa shape index (κ3) is 5.67. The molecule has 1 aliphatic rings. The van der Waals surface area contributed by atoms with E-state index in [0.717, 1.165) is 11.8 Å². The number of piperidine rings is 1. The highest BCUT2D eigenvalue weighted by Crippen LogP contribution is 2.21. The number of benzene rings is 1. The van der Waals surface area contributed by atoms with Crippen LogP contribution in [0.25, 0.3) is 0 Å². The van der Waals surface area contributed by atoms with Gasteiger partial charge in [-0.05, 0) is 32.8 Å². The Morgan fingerprint density at radius 2 is 1.96 bits per heavy atom. The predicted octanol–water partition coefficient (Wildman–Crippen LogP) is 3.03. The Kier molecular flexibility index (Phi) is 5.77. The van der Waals surface area contributed by atoms with Crippen LogP contribution < -0.4 is 0 Å². The van der Waals surface area contributed by atoms with Gasteiger partial charge < -0.3 is 19.2 Å². The van der Waals surface area contributed by atoms with Crippen LogP contribution in [-0.2, 0) is 20.9 Å². The van der Waals surface area contributed by atoms with Crippen LogP contribution in [0.1, 0.15) is 32.8 Å². The van der Waals surface area contributed by atoms with Gasteiger partial charge in [-0.15, -0.1) is 0 Å². The van der Waals surface area contributed by atoms with E-state index in [1.807, 2.05) is 51.1 Å². The van der Waals surface area contributed by atoms with Crippen molar-refractivity contribution in [3.63, 3.8) is 0 Å². The van der Waals surface area contributed by atoms with Crippen molar-refractivity contribution < 1.29 is 19.1 Å². The zero-order chi connectivity index (χ0) is 16.9. The number of carbonyl (C=O) groups is 2. The van der Waals surface area contributed by atoms with Crippen molar-refractivity contribution in [1.82, 2.24) is 4.90 Å². The summed E-state index contributed by atoms with van der Waals surface area (Å²) in [5.74, 6) is -0.211. The van der Waals surface area contributed by atoms with Gasteiger partial charge in [-0.1, -0.05) is 30.3 Å². The van der Waals surface area contributed by atoms with Crippen LogP contribution >= 0.6 is 0 Å². The molecule has 5 heteroatoms. The zero-order valence-corrected chi connectivity index (χ0v) is 14.0. The first kappa shape index (κ1) is 17.5. The second-order valence-corrected chi connectivity index (χ2v) is 6.94. The first-order valence-corrected chi connectivity index (χ1v) is 7.96. The number of amides is 1. The number of nitrogens with zero attached hydrogens (tertiary/aromatic N) is 1. The highest BCUT2D eigenvalue weighted by molar-refractivity contribution is 5.69. The van der Waals surface area contributed by atoms with Crippen molar-refractivity contribution in [2.75, 3.05) is 13.1 Å². The molecule has 1 aromatic carbocycles. The molecule has 0 aromatic heterocycles. The Morgan fingerprint density at radius 3 is 2.57 bits per heavy atom. The summed E-state index contributed by atoms with van der Waals surface area (Å²) in [5, 5.41) is 0. The van der Waals surface area contributed by atoms with Crippen LogP contribution in [0, 0.1) is 5.92 Å². The topological polar surface area (TPSA) is 55.8 Å². The van der Waals surface area contributed by atoms with Gasteiger partial charge in [-0.3, -0.25) is 0 Å². The molecule has 0 aliphatic carbocycles. The van der Waals surface area contributed by atoms with Crippen LogP contribution in [0.4, 0.5) is 4.79 Å². The van der Waals surface area contributed by atoms with Crippen LogP contribution in [0.15, 0.2) is 30.3 Å². The Morgan fingerprint density at radius 1 is 1.26 bits per heavy atom. The number of hydrogen-bond acceptors (Lipinski definition) is 4. The molecule has 0 saturated carbocycles. The van der Waals surface area contributed by atoms with E-state index >= 15 is 0 Å². The lowest BCUT2D eigenvalue weighted by atomic mass is 9.97. The highest BCUT2D eigenvalue weighted by atomic mass is 16.6. The average Bonchev–Trinajstić information content (AvgIpc) is 2.52. The third-order valence-electron chi connectivity index (χ3n) is 3.62. The van der Waals surface area contributed by atoms with Crippen LogP contribution in [-0.4, -0.2) is 42.1 Å². The van der Waals surface area contributed by atoms with Crippen molar-refractivity contribution >= 4 is 12.4 Å². The minimum absolute atomic E-state index is 0.160. The van der Waals surface area contributed by atoms with E-state index in [-0.39, 0.29) is 12.0 Å². The maximum atomic E-state index is 12.2. The summed E-state index contributed by atoms with van der Waals surface area (Å²) < 4.78 is 11.3. The highest BCUT2D eigenvalue weighted by Gasteiger charge is 2.32. The van der Waals surface area contributed by atoms with Crippen LogP contribution in [0.2, 0.25) is 0 Å². The Labute approximate surface area is 137 Å². The molecule has 1 saturated heterocycles. The Bertz CT molecular complexity index is 524. The van der Waals surface area contributed by atoms with Gasteiger partial charge >= 0.3 is 6.09 Å². The van der Waals surface area contributed by atoms with Gasteiger partial charge in [-0.2, -0.15) is 0 Å². The van der Waals surface area contributed by atoms with Crippen molar-refractivity contribution in [1.29, 1.82) is 0 Å². The minimum atomic E-state index is -0.550. The lowest BCUT2D eigenvalue weighted by Crippen LogP contribution is -2.49. The smallest absolute Gasteiger partial charge is 0.410 e. The van der Waals surface area contributed by atoms with Crippen molar-refractivity contribution in [3.8, 4) is 0 Å². The fraction of sp³-hybridized carbons (Fsp3) is 0.556. The molecule has 0 bridgehead atoms. The lowest BCUT2D eigenvalue weighted by molar-refractivity contribution is -0.115. The maximum absolute atomic E-state index is 12.2. The van der Waals surface area contributed by atoms with Crippen molar-refractivity contribution in [2.24, 2.45) is 5.92 Å². The van der Waals surface area contributed by atoms with Gasteiger partial charge in [-0.25, -0.2) is 4.79 Å². The fourth-order valence-corrected chi connectivity index (χ4v) is 2.57. The van der Waals surface area contributed by atoms with Crippen LogP contribution in [0.5, 0.6) is 0 Å². The first-order valence-electron chi connectivity index (χ1n) is 7.96. The molecule has 0 spiro atoms. The van der Waals surface area contributed by atoms with Gasteiger partial charge in [0.2, 0.25) is 0 Å². The van der Waals surface area contributed by atoms with Gasteiger partial charge in [0.05, 0.1) is 19.3 Å². The molecule has 0 N–H and O–H groups in total. The molecule has 1 heterocycles. The minimum Gasteiger partial charge on any atom is -0.444 e. The molecule has 2 rings (SSSR count). The van der Waals surface area contributed by atoms with Gasteiger partial charge in [0, 0.05) is 12.5 Å². The molecule has 23 heavy (non-hydrogen) atoms. The second-order valence-electron chi connectivity index (χ2n) is 6.94. The number of likely N-dealkylation sites (tertiary alicyclic amines) is 1. The molecule has 2 atom stereocenters. The van der Waals surface area contributed by atoms with Crippen LogP contribution in [0.3, 0.4) is 0 Å². The average molecular weight is 319 g/mol. The maximum Gasteiger partial charge on any atom is 0.410 e. The molecule has 1 aliphatic heterocycles. The molecule has 1 aromatic rings. The first-order chi connectivity index (χ1) is 10.9. The largest absolute Gasteiger partial charge is 0.444 e. The SMILES string of the molecule is CC(C)(C)OC(=O)N1CC(C=O)CC(OCc2ccccc2)C1. The normalized spacial score (nSPS) is 21.8. The van der Waals surface area contributed by atoms with E-state index in [0.29, 0.717) is 26.1 Å². The molecule has 5 nitrogen and oxygen atoms in total. The molecule has 0 radical (unpaired) electrons. The Hall–Kier alpha value is -1.88. The number of hydrogen-bond donors (Lipinski definition) is 0. The Balaban J connectivity index is 1.94. The quantitative estimate of drug-likeness (QED) is 0.801. The van der Waals surface area contributed by atoms with E-state index in [4.69, 9.17) is 9.47 Å². The summed E-state index contributed by atoms with van der Waals surface area (Å²) in [5.41, 5.74) is 0.524. The molecular weight excluding hydrogens is 294 g/mol. The predicted molar refractivity (Wildman–Crippen MR) is 87.0 cm³/mol. The number of rotatable bonds is 4.